The molecule has 0 saturated heterocycles. The summed E-state index contributed by atoms with van der Waals surface area (Å²) in [6.45, 7) is 9.05. The zero-order valence-electron chi connectivity index (χ0n) is 19.5. The fourth-order valence-electron chi connectivity index (χ4n) is 3.51. The molecule has 2 aromatic carbocycles. The van der Waals surface area contributed by atoms with Crippen LogP contribution in [0.15, 0.2) is 42.5 Å². The summed E-state index contributed by atoms with van der Waals surface area (Å²) in [4.78, 5) is 18.0. The van der Waals surface area contributed by atoms with Crippen molar-refractivity contribution in [1.29, 1.82) is 0 Å². The van der Waals surface area contributed by atoms with Crippen LogP contribution < -0.4 is 4.74 Å². The molecule has 0 N–H and O–H groups in total. The van der Waals surface area contributed by atoms with Crippen molar-refractivity contribution in [3.63, 3.8) is 0 Å². The van der Waals surface area contributed by atoms with Crippen LogP contribution in [0.1, 0.15) is 35.5 Å². The van der Waals surface area contributed by atoms with Gasteiger partial charge in [-0.3, -0.25) is 0 Å². The van der Waals surface area contributed by atoms with E-state index in [9.17, 15) is 4.79 Å². The zero-order chi connectivity index (χ0) is 23.8. The van der Waals surface area contributed by atoms with Gasteiger partial charge in [0.15, 0.2) is 6.10 Å². The fraction of sp³-hybridized carbons (Fsp3) is 0.385. The molecule has 0 saturated carbocycles. The highest BCUT2D eigenvalue weighted by Gasteiger charge is 2.21. The van der Waals surface area contributed by atoms with E-state index < -0.39 is 6.10 Å². The van der Waals surface area contributed by atoms with Crippen LogP contribution in [0, 0.1) is 13.8 Å². The van der Waals surface area contributed by atoms with Crippen LogP contribution in [-0.4, -0.2) is 36.9 Å². The number of ether oxygens (including phenoxy) is 3. The van der Waals surface area contributed by atoms with E-state index in [0.717, 1.165) is 39.6 Å². The Bertz CT molecular complexity index is 1080. The Hall–Kier alpha value is -2.41. The van der Waals surface area contributed by atoms with Gasteiger partial charge in [-0.25, -0.2) is 9.78 Å². The number of hydrogen-bond acceptors (Lipinski definition) is 6. The highest BCUT2D eigenvalue weighted by atomic mass is 35.5. The van der Waals surface area contributed by atoms with Gasteiger partial charge in [0.1, 0.15) is 10.8 Å². The molecule has 0 spiro atoms. The Morgan fingerprint density at radius 2 is 1.91 bits per heavy atom. The van der Waals surface area contributed by atoms with Gasteiger partial charge in [-0.2, -0.15) is 0 Å². The minimum Gasteiger partial charge on any atom is -0.493 e. The highest BCUT2D eigenvalue weighted by Crippen LogP contribution is 2.33. The molecule has 0 aliphatic rings. The molecular formula is C26H30ClNO4S. The van der Waals surface area contributed by atoms with Crippen LogP contribution in [0.5, 0.6) is 5.75 Å². The lowest BCUT2D eigenvalue weighted by Gasteiger charge is -2.17. The first-order chi connectivity index (χ1) is 15.9. The van der Waals surface area contributed by atoms with E-state index in [2.05, 4.69) is 0 Å². The smallest absolute Gasteiger partial charge is 0.335 e. The van der Waals surface area contributed by atoms with E-state index in [1.807, 2.05) is 63.2 Å². The lowest BCUT2D eigenvalue weighted by molar-refractivity contribution is -0.156. The van der Waals surface area contributed by atoms with Crippen molar-refractivity contribution < 1.29 is 19.0 Å². The minimum atomic E-state index is -0.595. The monoisotopic (exact) mass is 487 g/mol. The molecule has 0 aliphatic carbocycles. The summed E-state index contributed by atoms with van der Waals surface area (Å²) in [6.07, 6.45) is 0.648. The van der Waals surface area contributed by atoms with Crippen LogP contribution in [-0.2, 0) is 27.1 Å². The normalized spacial score (nSPS) is 11.9. The van der Waals surface area contributed by atoms with Gasteiger partial charge < -0.3 is 14.2 Å². The summed E-state index contributed by atoms with van der Waals surface area (Å²) >= 11 is 7.98. The van der Waals surface area contributed by atoms with E-state index >= 15 is 0 Å². The molecule has 3 rings (SSSR count). The third-order valence-electron chi connectivity index (χ3n) is 5.23. The van der Waals surface area contributed by atoms with Crippen LogP contribution >= 0.6 is 22.9 Å². The molecule has 0 aliphatic heterocycles. The van der Waals surface area contributed by atoms with E-state index in [0.29, 0.717) is 31.3 Å². The molecule has 176 valence electrons. The SMILES string of the molecule is CCOC(=O)C(Cc1ccc(OCCc2sc(-c3ccccc3Cl)nc2C)cc1C)OCC. The van der Waals surface area contributed by atoms with E-state index in [4.69, 9.17) is 30.8 Å². The predicted molar refractivity (Wildman–Crippen MR) is 133 cm³/mol. The Kier molecular flexibility index (Phi) is 9.30. The van der Waals surface area contributed by atoms with Crippen molar-refractivity contribution in [3.8, 4) is 16.3 Å². The average Bonchev–Trinajstić information content (AvgIpc) is 3.15. The lowest BCUT2D eigenvalue weighted by atomic mass is 10.0. The zero-order valence-corrected chi connectivity index (χ0v) is 21.1. The molecule has 0 fully saturated rings. The first kappa shape index (κ1) is 25.2. The second-order valence-electron chi connectivity index (χ2n) is 7.59. The number of esters is 1. The van der Waals surface area contributed by atoms with Crippen LogP contribution in [0.25, 0.3) is 10.6 Å². The largest absolute Gasteiger partial charge is 0.493 e. The molecule has 1 unspecified atom stereocenters. The van der Waals surface area contributed by atoms with Gasteiger partial charge in [-0.1, -0.05) is 35.9 Å². The van der Waals surface area contributed by atoms with Crippen LogP contribution in [0.4, 0.5) is 0 Å². The summed E-state index contributed by atoms with van der Waals surface area (Å²) < 4.78 is 16.7. The number of aryl methyl sites for hydroxylation is 2. The molecular weight excluding hydrogens is 458 g/mol. The Morgan fingerprint density at radius 1 is 1.12 bits per heavy atom. The summed E-state index contributed by atoms with van der Waals surface area (Å²) in [5, 5.41) is 1.64. The van der Waals surface area contributed by atoms with Gasteiger partial charge in [0.25, 0.3) is 0 Å². The number of aromatic nitrogens is 1. The molecule has 0 amide bonds. The first-order valence-electron chi connectivity index (χ1n) is 11.1. The topological polar surface area (TPSA) is 57.7 Å². The molecule has 7 heteroatoms. The molecule has 5 nitrogen and oxygen atoms in total. The molecule has 33 heavy (non-hydrogen) atoms. The number of hydrogen-bond donors (Lipinski definition) is 0. The first-order valence-corrected chi connectivity index (χ1v) is 12.3. The number of carbonyl (C=O) groups is 1. The lowest BCUT2D eigenvalue weighted by Crippen LogP contribution is -2.29. The summed E-state index contributed by atoms with van der Waals surface area (Å²) in [6, 6.07) is 13.7. The van der Waals surface area contributed by atoms with E-state index in [1.54, 1.807) is 18.3 Å². The van der Waals surface area contributed by atoms with Crippen LogP contribution in [0.3, 0.4) is 0 Å². The molecule has 1 heterocycles. The second-order valence-corrected chi connectivity index (χ2v) is 9.09. The molecule has 0 bridgehead atoms. The maximum Gasteiger partial charge on any atom is 0.335 e. The molecule has 3 aromatic rings. The summed E-state index contributed by atoms with van der Waals surface area (Å²) in [7, 11) is 0. The standard InChI is InChI=1S/C26H30ClNO4S/c1-5-30-23(26(29)31-6-2)16-19-11-12-20(15-17(19)3)32-14-13-24-18(4)28-25(33-24)21-9-7-8-10-22(21)27/h7-12,15,23H,5-6,13-14,16H2,1-4H3. The molecule has 1 atom stereocenters. The molecule has 1 aromatic heterocycles. The number of thiazole rings is 1. The second kappa shape index (κ2) is 12.2. The maximum atomic E-state index is 12.1. The van der Waals surface area contributed by atoms with Crippen molar-refractivity contribution in [2.75, 3.05) is 19.8 Å². The van der Waals surface area contributed by atoms with Gasteiger partial charge in [-0.15, -0.1) is 11.3 Å². The predicted octanol–water partition coefficient (Wildman–Crippen LogP) is 6.21. The van der Waals surface area contributed by atoms with Crippen molar-refractivity contribution in [2.45, 2.75) is 46.6 Å². The van der Waals surface area contributed by atoms with Gasteiger partial charge in [0.2, 0.25) is 0 Å². The Morgan fingerprint density at radius 3 is 2.61 bits per heavy atom. The average molecular weight is 488 g/mol. The summed E-state index contributed by atoms with van der Waals surface area (Å²) in [5.41, 5.74) is 4.05. The van der Waals surface area contributed by atoms with Gasteiger partial charge in [0, 0.05) is 29.9 Å². The Labute approximate surface area is 204 Å². The van der Waals surface area contributed by atoms with E-state index in [-0.39, 0.29) is 5.97 Å². The third-order valence-corrected chi connectivity index (χ3v) is 6.81. The van der Waals surface area contributed by atoms with Crippen molar-refractivity contribution in [2.24, 2.45) is 0 Å². The van der Waals surface area contributed by atoms with Crippen molar-refractivity contribution >= 4 is 28.9 Å². The number of carbonyl (C=O) groups excluding carboxylic acids is 1. The van der Waals surface area contributed by atoms with Crippen molar-refractivity contribution in [1.82, 2.24) is 4.98 Å². The highest BCUT2D eigenvalue weighted by molar-refractivity contribution is 7.15. The van der Waals surface area contributed by atoms with Gasteiger partial charge >= 0.3 is 5.97 Å². The Balaban J connectivity index is 1.60. The number of benzene rings is 2. The molecule has 0 radical (unpaired) electrons. The number of halogens is 1. The maximum absolute atomic E-state index is 12.1. The minimum absolute atomic E-state index is 0.324. The van der Waals surface area contributed by atoms with Crippen molar-refractivity contribution in [3.05, 3.63) is 69.2 Å². The van der Waals surface area contributed by atoms with E-state index in [1.165, 1.54) is 4.88 Å². The fourth-order valence-corrected chi connectivity index (χ4v) is 4.87. The summed E-state index contributed by atoms with van der Waals surface area (Å²) in [5.74, 6) is 0.476. The quantitative estimate of drug-likeness (QED) is 0.301. The third kappa shape index (κ3) is 6.79. The van der Waals surface area contributed by atoms with Gasteiger partial charge in [0.05, 0.1) is 23.9 Å². The van der Waals surface area contributed by atoms with Gasteiger partial charge in [-0.05, 0) is 57.0 Å². The number of rotatable bonds is 11. The number of nitrogens with zero attached hydrogens (tertiary/aromatic N) is 1. The van der Waals surface area contributed by atoms with Crippen LogP contribution in [0.2, 0.25) is 5.02 Å².